The number of nitrogens with one attached hydrogen (secondary N) is 3. The maximum Gasteiger partial charge on any atom is 0.326 e. The van der Waals surface area contributed by atoms with Crippen molar-refractivity contribution in [3.8, 4) is 0 Å². The number of benzene rings is 1. The topological polar surface area (TPSA) is 167 Å². The highest BCUT2D eigenvalue weighted by atomic mass is 16.5. The van der Waals surface area contributed by atoms with Gasteiger partial charge >= 0.3 is 5.97 Å². The predicted molar refractivity (Wildman–Crippen MR) is 203 cm³/mol. The highest BCUT2D eigenvalue weighted by Crippen LogP contribution is 2.35. The molecule has 0 radical (unpaired) electrons. The lowest BCUT2D eigenvalue weighted by molar-refractivity contribution is -0.148. The summed E-state index contributed by atoms with van der Waals surface area (Å²) in [5, 5.41) is 18.6. The highest BCUT2D eigenvalue weighted by Gasteiger charge is 2.44. The number of nitrogens with zero attached hydrogens (tertiary/aromatic N) is 2. The van der Waals surface area contributed by atoms with Gasteiger partial charge in [-0.1, -0.05) is 77.8 Å². The van der Waals surface area contributed by atoms with E-state index in [0.29, 0.717) is 13.0 Å². The Morgan fingerprint density at radius 2 is 1.49 bits per heavy atom. The summed E-state index contributed by atoms with van der Waals surface area (Å²) in [6.45, 7) is 9.90. The molecule has 4 N–H and O–H groups in total. The average molecular weight is 744 g/mol. The van der Waals surface area contributed by atoms with Crippen molar-refractivity contribution >= 4 is 29.6 Å². The Labute approximate surface area is 316 Å². The van der Waals surface area contributed by atoms with E-state index in [9.17, 15) is 29.1 Å². The summed E-state index contributed by atoms with van der Waals surface area (Å²) in [7, 11) is 6.56. The molecule has 0 bridgehead atoms. The van der Waals surface area contributed by atoms with Gasteiger partial charge in [0.25, 0.3) is 0 Å². The summed E-state index contributed by atoms with van der Waals surface area (Å²) in [6, 6.07) is 5.98. The quantitative estimate of drug-likeness (QED) is 0.157. The Morgan fingerprint density at radius 1 is 0.868 bits per heavy atom. The van der Waals surface area contributed by atoms with Crippen LogP contribution in [0.25, 0.3) is 0 Å². The molecule has 1 aliphatic carbocycles. The van der Waals surface area contributed by atoms with Crippen molar-refractivity contribution in [1.29, 1.82) is 0 Å². The average Bonchev–Trinajstić information content (AvgIpc) is 3.84. The number of likely N-dealkylation sites (N-methyl/N-ethyl adjacent to an activating group) is 2. The molecule has 8 atom stereocenters. The van der Waals surface area contributed by atoms with Crippen molar-refractivity contribution < 1.29 is 38.6 Å². The second kappa shape index (κ2) is 20.8. The number of likely N-dealkylation sites (tertiary alicyclic amines) is 1. The molecular weight excluding hydrogens is 678 g/mol. The molecule has 2 aliphatic rings. The van der Waals surface area contributed by atoms with E-state index < -0.39 is 60.2 Å². The van der Waals surface area contributed by atoms with Gasteiger partial charge in [-0.25, -0.2) is 4.79 Å². The monoisotopic (exact) mass is 743 g/mol. The molecule has 298 valence electrons. The van der Waals surface area contributed by atoms with E-state index in [2.05, 4.69) is 16.0 Å². The van der Waals surface area contributed by atoms with Crippen molar-refractivity contribution in [3.63, 3.8) is 0 Å². The van der Waals surface area contributed by atoms with Crippen LogP contribution in [0.1, 0.15) is 85.1 Å². The number of ether oxygens (including phenoxy) is 2. The van der Waals surface area contributed by atoms with Crippen LogP contribution in [0.5, 0.6) is 0 Å². The summed E-state index contributed by atoms with van der Waals surface area (Å²) >= 11 is 0. The minimum Gasteiger partial charge on any atom is -0.480 e. The zero-order valence-electron chi connectivity index (χ0n) is 33.3. The number of rotatable bonds is 20. The summed E-state index contributed by atoms with van der Waals surface area (Å²) in [4.78, 5) is 70.8. The van der Waals surface area contributed by atoms with Crippen LogP contribution in [-0.4, -0.2) is 122 Å². The number of carbonyl (C=O) groups is 5. The number of hydrogen-bond acceptors (Lipinski definition) is 8. The standard InChI is InChI=1S/C40H65N5O8/c1-24(2)33(41-6)38(48)43-34(25(3)4)39(49)44(7)35(28-18-13-14-19-28)31(52-8)23-32(46)45-21-15-20-30(45)36(53-9)26(5)37(47)42-29(40(50)51)22-27-16-11-10-12-17-27/h10-12,16-17,24-26,28-31,33-36,41H,13-15,18-23H2,1-9H3,(H,42,47)(H,43,48)(H,50,51)/t26-,29+,30+,31-,33+,34+,35+,36-/m1/s1. The second-order valence-electron chi connectivity index (χ2n) is 15.6. The zero-order valence-corrected chi connectivity index (χ0v) is 33.3. The largest absolute Gasteiger partial charge is 0.480 e. The molecule has 2 fully saturated rings. The molecule has 1 saturated heterocycles. The molecular formula is C40H65N5O8. The van der Waals surface area contributed by atoms with Gasteiger partial charge in [-0.2, -0.15) is 0 Å². The van der Waals surface area contributed by atoms with Gasteiger partial charge in [0.1, 0.15) is 12.1 Å². The zero-order chi connectivity index (χ0) is 39.4. The fourth-order valence-corrected chi connectivity index (χ4v) is 8.33. The van der Waals surface area contributed by atoms with Crippen LogP contribution in [0.3, 0.4) is 0 Å². The van der Waals surface area contributed by atoms with Gasteiger partial charge in [0.05, 0.1) is 42.7 Å². The number of carboxylic acid groups (broad SMARTS) is 1. The lowest BCUT2D eigenvalue weighted by Crippen LogP contribution is -2.59. The summed E-state index contributed by atoms with van der Waals surface area (Å²) in [5.41, 5.74) is 0.790. The lowest BCUT2D eigenvalue weighted by atomic mass is 9.88. The van der Waals surface area contributed by atoms with Gasteiger partial charge in [-0.15, -0.1) is 0 Å². The Bertz CT molecular complexity index is 1350. The van der Waals surface area contributed by atoms with Crippen LogP contribution < -0.4 is 16.0 Å². The molecule has 0 unspecified atom stereocenters. The van der Waals surface area contributed by atoms with Gasteiger partial charge < -0.3 is 40.3 Å². The van der Waals surface area contributed by atoms with Gasteiger partial charge in [0.2, 0.25) is 23.6 Å². The van der Waals surface area contributed by atoms with Gasteiger partial charge in [-0.05, 0) is 56.0 Å². The molecule has 4 amide bonds. The highest BCUT2D eigenvalue weighted by molar-refractivity contribution is 5.90. The number of amides is 4. The fourth-order valence-electron chi connectivity index (χ4n) is 8.33. The van der Waals surface area contributed by atoms with E-state index in [-0.39, 0.29) is 48.3 Å². The van der Waals surface area contributed by atoms with E-state index in [0.717, 1.165) is 37.7 Å². The van der Waals surface area contributed by atoms with E-state index in [1.807, 2.05) is 58.0 Å². The molecule has 1 aromatic carbocycles. The molecule has 1 heterocycles. The number of methoxy groups -OCH3 is 2. The second-order valence-corrected chi connectivity index (χ2v) is 15.6. The van der Waals surface area contributed by atoms with E-state index in [1.165, 1.54) is 7.11 Å². The maximum atomic E-state index is 14.3. The van der Waals surface area contributed by atoms with Gasteiger partial charge in [0, 0.05) is 34.2 Å². The number of hydrogen-bond donors (Lipinski definition) is 4. The fraction of sp³-hybridized carbons (Fsp3) is 0.725. The summed E-state index contributed by atoms with van der Waals surface area (Å²) < 4.78 is 12.0. The normalized spacial score (nSPS) is 20.4. The maximum absolute atomic E-state index is 14.3. The summed E-state index contributed by atoms with van der Waals surface area (Å²) in [5.74, 6) is -2.98. The molecule has 1 saturated carbocycles. The first-order chi connectivity index (χ1) is 25.2. The van der Waals surface area contributed by atoms with Crippen LogP contribution in [0.4, 0.5) is 0 Å². The van der Waals surface area contributed by atoms with Crippen molar-refractivity contribution in [3.05, 3.63) is 35.9 Å². The van der Waals surface area contributed by atoms with E-state index in [1.54, 1.807) is 37.9 Å². The summed E-state index contributed by atoms with van der Waals surface area (Å²) in [6.07, 6.45) is 4.06. The molecule has 1 aliphatic heterocycles. The molecule has 13 heteroatoms. The van der Waals surface area contributed by atoms with Crippen LogP contribution in [0.2, 0.25) is 0 Å². The Morgan fingerprint density at radius 3 is 2.02 bits per heavy atom. The third-order valence-corrected chi connectivity index (χ3v) is 11.3. The van der Waals surface area contributed by atoms with Gasteiger partial charge in [-0.3, -0.25) is 19.2 Å². The first kappa shape index (κ1) is 43.9. The molecule has 3 rings (SSSR count). The van der Waals surface area contributed by atoms with Crippen molar-refractivity contribution in [2.24, 2.45) is 23.7 Å². The third kappa shape index (κ3) is 11.5. The molecule has 0 spiro atoms. The molecule has 53 heavy (non-hydrogen) atoms. The Kier molecular flexibility index (Phi) is 17.2. The van der Waals surface area contributed by atoms with Crippen LogP contribution >= 0.6 is 0 Å². The van der Waals surface area contributed by atoms with Gasteiger partial charge in [0.15, 0.2) is 0 Å². The molecule has 0 aromatic heterocycles. The molecule has 13 nitrogen and oxygen atoms in total. The smallest absolute Gasteiger partial charge is 0.326 e. The minimum absolute atomic E-state index is 0.0227. The predicted octanol–water partition coefficient (Wildman–Crippen LogP) is 3.25. The Balaban J connectivity index is 1.79. The third-order valence-electron chi connectivity index (χ3n) is 11.3. The van der Waals surface area contributed by atoms with E-state index >= 15 is 0 Å². The SMILES string of the molecule is CN[C@H](C(=O)N[C@H](C(=O)N(C)[C@@H](C1CCCC1)[C@@H](CC(=O)N1CCC[C@H]1[C@H](OC)[C@@H](C)C(=O)N[C@@H](Cc1ccccc1)C(=O)O)OC)C(C)C)C(C)C. The number of carboxylic acids is 1. The number of aliphatic carboxylic acids is 1. The van der Waals surface area contributed by atoms with Crippen LogP contribution in [0, 0.1) is 23.7 Å². The van der Waals surface area contributed by atoms with Crippen LogP contribution in [0.15, 0.2) is 30.3 Å². The Hall–Kier alpha value is -3.55. The van der Waals surface area contributed by atoms with Crippen molar-refractivity contribution in [2.75, 3.05) is 34.9 Å². The van der Waals surface area contributed by atoms with Crippen molar-refractivity contribution in [1.82, 2.24) is 25.8 Å². The van der Waals surface area contributed by atoms with Crippen LogP contribution in [-0.2, 0) is 39.9 Å². The lowest BCUT2D eigenvalue weighted by Gasteiger charge is -2.41. The first-order valence-corrected chi connectivity index (χ1v) is 19.3. The molecule has 1 aromatic rings. The van der Waals surface area contributed by atoms with E-state index in [4.69, 9.17) is 9.47 Å². The van der Waals surface area contributed by atoms with Crippen molar-refractivity contribution in [2.45, 2.75) is 128 Å². The number of carbonyl (C=O) groups excluding carboxylic acids is 4. The minimum atomic E-state index is -1.13. The first-order valence-electron chi connectivity index (χ1n) is 19.3.